The van der Waals surface area contributed by atoms with Gasteiger partial charge < -0.3 is 15.1 Å². The van der Waals surface area contributed by atoms with Crippen LogP contribution in [0.15, 0.2) is 89.6 Å². The first-order chi connectivity index (χ1) is 23.8. The molecule has 12 heteroatoms. The molecule has 3 aliphatic rings. The number of anilines is 3. The number of aliphatic imine (C=N–C) groups is 1. The zero-order valence-electron chi connectivity index (χ0n) is 29.4. The van der Waals surface area contributed by atoms with Crippen molar-refractivity contribution < 1.29 is 14.4 Å². The number of imide groups is 1. The van der Waals surface area contributed by atoms with Crippen molar-refractivity contribution in [2.75, 3.05) is 42.3 Å². The fourth-order valence-electron chi connectivity index (χ4n) is 6.53. The molecule has 3 amide bonds. The first kappa shape index (κ1) is 34.1. The van der Waals surface area contributed by atoms with Crippen molar-refractivity contribution in [1.82, 2.24) is 25.3 Å². The lowest BCUT2D eigenvalue weighted by molar-refractivity contribution is -0.136. The van der Waals surface area contributed by atoms with E-state index >= 15 is 0 Å². The molecule has 4 heterocycles. The first-order valence-corrected chi connectivity index (χ1v) is 16.5. The number of aryl methyl sites for hydroxylation is 1. The van der Waals surface area contributed by atoms with Crippen LogP contribution in [0, 0.1) is 6.92 Å². The number of aromatic nitrogens is 4. The van der Waals surface area contributed by atoms with Crippen molar-refractivity contribution in [1.29, 1.82) is 0 Å². The molecule has 0 unspecified atom stereocenters. The maximum Gasteiger partial charge on any atom is 0.253 e. The van der Waals surface area contributed by atoms with E-state index in [4.69, 9.17) is 4.99 Å². The molecule has 0 aliphatic carbocycles. The predicted octanol–water partition coefficient (Wildman–Crippen LogP) is 4.91. The van der Waals surface area contributed by atoms with E-state index in [1.807, 2.05) is 60.5 Å². The number of carbonyl (C=O) groups excluding carboxylic acids is 3. The fourth-order valence-corrected chi connectivity index (χ4v) is 6.53. The second-order valence-electron chi connectivity index (χ2n) is 13.7. The van der Waals surface area contributed by atoms with Crippen molar-refractivity contribution in [2.24, 2.45) is 4.99 Å². The lowest BCUT2D eigenvalue weighted by Crippen LogP contribution is -2.37. The molecule has 0 atom stereocenters. The molecule has 0 saturated carbocycles. The van der Waals surface area contributed by atoms with E-state index in [-0.39, 0.29) is 40.8 Å². The van der Waals surface area contributed by atoms with Crippen LogP contribution in [0.25, 0.3) is 0 Å². The smallest absolute Gasteiger partial charge is 0.253 e. The number of nitrogens with zero attached hydrogens (tertiary/aromatic N) is 8. The van der Waals surface area contributed by atoms with Gasteiger partial charge in [0.25, 0.3) is 11.8 Å². The molecule has 12 nitrogen and oxygen atoms in total. The third-order valence-corrected chi connectivity index (χ3v) is 9.52. The molecule has 1 aromatic heterocycles. The second kappa shape index (κ2) is 13.3. The van der Waals surface area contributed by atoms with Gasteiger partial charge in [-0.05, 0) is 66.6 Å². The second-order valence-corrected chi connectivity index (χ2v) is 13.7. The number of benzene rings is 2. The monoisotopic (exact) mass is 671 g/mol. The van der Waals surface area contributed by atoms with E-state index in [1.165, 1.54) is 17.1 Å². The quantitative estimate of drug-likeness (QED) is 0.236. The first-order valence-electron chi connectivity index (χ1n) is 16.5. The number of fused-ring (bicyclic) bond motifs is 2. The summed E-state index contributed by atoms with van der Waals surface area (Å²) < 4.78 is 0. The van der Waals surface area contributed by atoms with Gasteiger partial charge in [-0.2, -0.15) is 0 Å². The highest BCUT2D eigenvalue weighted by molar-refractivity contribution is 6.13. The summed E-state index contributed by atoms with van der Waals surface area (Å²) in [4.78, 5) is 47.0. The number of rotatable bonds is 10. The van der Waals surface area contributed by atoms with Gasteiger partial charge in [0.2, 0.25) is 5.91 Å². The molecule has 0 radical (unpaired) electrons. The molecule has 3 aromatic rings. The van der Waals surface area contributed by atoms with Gasteiger partial charge in [0, 0.05) is 72.9 Å². The SMILES string of the molecule is Cc1nnc(CC(=O)Nc2ccc3c(c2)C(C)(C)\C(=C/C=C/C=C/C2=Nc4ccc(N(C)CCN5C(=O)C=CC5=O)cc4C2(C)C)N3C)nn1. The minimum atomic E-state index is -0.302. The largest absolute Gasteiger partial charge is 0.373 e. The van der Waals surface area contributed by atoms with E-state index in [0.29, 0.717) is 24.6 Å². The molecular weight excluding hydrogens is 630 g/mol. The van der Waals surface area contributed by atoms with Crippen LogP contribution in [-0.2, 0) is 31.6 Å². The highest BCUT2D eigenvalue weighted by Gasteiger charge is 2.38. The average molecular weight is 672 g/mol. The van der Waals surface area contributed by atoms with E-state index in [2.05, 4.69) is 83.6 Å². The number of carbonyl (C=O) groups is 3. The topological polar surface area (TPSA) is 137 Å². The van der Waals surface area contributed by atoms with Gasteiger partial charge in [-0.1, -0.05) is 45.9 Å². The molecule has 2 aromatic carbocycles. The van der Waals surface area contributed by atoms with Gasteiger partial charge in [-0.15, -0.1) is 20.4 Å². The van der Waals surface area contributed by atoms with E-state index < -0.39 is 0 Å². The number of likely N-dealkylation sites (N-methyl/N-ethyl adjacent to an activating group) is 2. The number of hydrogen-bond donors (Lipinski definition) is 1. The van der Waals surface area contributed by atoms with Crippen LogP contribution in [0.1, 0.15) is 50.5 Å². The molecule has 3 aliphatic heterocycles. The third kappa shape index (κ3) is 6.60. The van der Waals surface area contributed by atoms with Crippen molar-refractivity contribution in [3.05, 3.63) is 107 Å². The predicted molar refractivity (Wildman–Crippen MR) is 195 cm³/mol. The summed E-state index contributed by atoms with van der Waals surface area (Å²) in [5.41, 5.74) is 7.46. The Kier molecular flexibility index (Phi) is 9.04. The number of hydrogen-bond acceptors (Lipinski definition) is 10. The minimum absolute atomic E-state index is 0.0104. The van der Waals surface area contributed by atoms with Gasteiger partial charge in [0.15, 0.2) is 11.6 Å². The van der Waals surface area contributed by atoms with Gasteiger partial charge in [-0.25, -0.2) is 0 Å². The van der Waals surface area contributed by atoms with Crippen LogP contribution >= 0.6 is 0 Å². The summed E-state index contributed by atoms with van der Waals surface area (Å²) >= 11 is 0. The molecule has 0 saturated heterocycles. The van der Waals surface area contributed by atoms with Crippen molar-refractivity contribution in [3.8, 4) is 0 Å². The number of amides is 3. The Morgan fingerprint density at radius 2 is 1.62 bits per heavy atom. The Labute approximate surface area is 292 Å². The standard InChI is InChI=1S/C38H41N9O3/c1-24-41-43-33(44-42-24)23-34(48)39-25-13-16-30-28(21-25)38(4,5)32(46(30)7)12-10-8-9-11-31-37(2,3)27-22-26(14-15-29(27)40-31)45(6)19-20-47-35(49)17-18-36(47)50/h8-18,21-22H,19-20,23H2,1-7H3,(H,39,48)/b10-8+,11-9+,32-12+. The van der Waals surface area contributed by atoms with E-state index in [0.717, 1.165) is 39.6 Å². The third-order valence-electron chi connectivity index (χ3n) is 9.52. The zero-order valence-corrected chi connectivity index (χ0v) is 29.4. The summed E-state index contributed by atoms with van der Waals surface area (Å²) in [5.74, 6) is -0.0429. The maximum absolute atomic E-state index is 12.7. The van der Waals surface area contributed by atoms with Gasteiger partial charge in [-0.3, -0.25) is 24.3 Å². The Morgan fingerprint density at radius 1 is 0.900 bits per heavy atom. The number of allylic oxidation sites excluding steroid dienone is 6. The van der Waals surface area contributed by atoms with Gasteiger partial charge in [0.05, 0.1) is 17.8 Å². The van der Waals surface area contributed by atoms with Gasteiger partial charge in [0.1, 0.15) is 0 Å². The molecule has 0 fully saturated rings. The molecule has 256 valence electrons. The Morgan fingerprint density at radius 3 is 2.34 bits per heavy atom. The van der Waals surface area contributed by atoms with Crippen molar-refractivity contribution >= 4 is 46.2 Å². The summed E-state index contributed by atoms with van der Waals surface area (Å²) in [6.07, 6.45) is 12.9. The Hall–Kier alpha value is -5.78. The number of nitrogens with one attached hydrogen (secondary N) is 1. The highest BCUT2D eigenvalue weighted by atomic mass is 16.2. The summed E-state index contributed by atoms with van der Waals surface area (Å²) in [6, 6.07) is 12.1. The Bertz CT molecular complexity index is 2000. The van der Waals surface area contributed by atoms with Crippen LogP contribution in [0.4, 0.5) is 22.7 Å². The zero-order chi connectivity index (χ0) is 35.8. The van der Waals surface area contributed by atoms with Gasteiger partial charge >= 0.3 is 0 Å². The molecular formula is C38H41N9O3. The summed E-state index contributed by atoms with van der Waals surface area (Å²) in [7, 11) is 4.01. The van der Waals surface area contributed by atoms with Crippen LogP contribution in [0.2, 0.25) is 0 Å². The fraction of sp³-hybridized carbons (Fsp3) is 0.316. The minimum Gasteiger partial charge on any atom is -0.373 e. The molecule has 0 spiro atoms. The maximum atomic E-state index is 12.7. The molecule has 50 heavy (non-hydrogen) atoms. The highest BCUT2D eigenvalue weighted by Crippen LogP contribution is 2.48. The average Bonchev–Trinajstić information content (AvgIpc) is 3.60. The summed E-state index contributed by atoms with van der Waals surface area (Å²) in [6.45, 7) is 11.2. The van der Waals surface area contributed by atoms with Crippen LogP contribution in [-0.4, -0.2) is 75.9 Å². The van der Waals surface area contributed by atoms with Crippen LogP contribution in [0.3, 0.4) is 0 Å². The van der Waals surface area contributed by atoms with Crippen molar-refractivity contribution in [3.63, 3.8) is 0 Å². The summed E-state index contributed by atoms with van der Waals surface area (Å²) in [5, 5.41) is 18.6. The van der Waals surface area contributed by atoms with Crippen LogP contribution < -0.4 is 15.1 Å². The molecule has 6 rings (SSSR count). The normalized spacial score (nSPS) is 18.1. The van der Waals surface area contributed by atoms with E-state index in [9.17, 15) is 14.4 Å². The van der Waals surface area contributed by atoms with Crippen molar-refractivity contribution in [2.45, 2.75) is 51.9 Å². The lowest BCUT2D eigenvalue weighted by atomic mass is 9.81. The molecule has 1 N–H and O–H groups in total. The van der Waals surface area contributed by atoms with E-state index in [1.54, 1.807) is 6.92 Å². The Balaban J connectivity index is 1.09. The van der Waals surface area contributed by atoms with Crippen LogP contribution in [0.5, 0.6) is 0 Å². The lowest BCUT2D eigenvalue weighted by Gasteiger charge is -2.25. The molecule has 0 bridgehead atoms.